The molecule has 0 bridgehead atoms. The molecular formula is C10H7IN2S. The van der Waals surface area contributed by atoms with E-state index in [4.69, 9.17) is 11.0 Å². The molecule has 2 N–H and O–H groups in total. The van der Waals surface area contributed by atoms with Crippen LogP contribution in [-0.4, -0.2) is 0 Å². The van der Waals surface area contributed by atoms with Crippen molar-refractivity contribution in [3.05, 3.63) is 26.6 Å². The highest BCUT2D eigenvalue weighted by Gasteiger charge is 2.09. The Hall–Kier alpha value is -0.800. The minimum atomic E-state index is 0.425. The lowest BCUT2D eigenvalue weighted by Gasteiger charge is -2.05. The fraction of sp³-hybridized carbons (Fsp3) is 0.100. The van der Waals surface area contributed by atoms with Crippen LogP contribution in [0, 0.1) is 14.9 Å². The first-order valence-electron chi connectivity index (χ1n) is 4.05. The summed E-state index contributed by atoms with van der Waals surface area (Å²) < 4.78 is 2.13. The van der Waals surface area contributed by atoms with E-state index in [1.165, 1.54) is 0 Å². The second-order valence-electron chi connectivity index (χ2n) is 2.94. The van der Waals surface area contributed by atoms with Gasteiger partial charge in [-0.15, -0.1) is 11.3 Å². The summed E-state index contributed by atoms with van der Waals surface area (Å²) in [6, 6.07) is 6.24. The van der Waals surface area contributed by atoms with E-state index in [9.17, 15) is 0 Å². The molecule has 1 aromatic carbocycles. The maximum absolute atomic E-state index is 8.67. The standard InChI is InChI=1S/C10H7IN2S/c11-8-6(1-3-12)5-7-2-4-14-10(7)9(8)13/h2,4-5H,1,13H2. The number of nitrogen functional groups attached to an aromatic ring is 1. The van der Waals surface area contributed by atoms with Crippen molar-refractivity contribution < 1.29 is 0 Å². The van der Waals surface area contributed by atoms with Gasteiger partial charge in [0.15, 0.2) is 0 Å². The summed E-state index contributed by atoms with van der Waals surface area (Å²) in [5, 5.41) is 11.8. The third kappa shape index (κ3) is 1.47. The first-order chi connectivity index (χ1) is 6.74. The highest BCUT2D eigenvalue weighted by Crippen LogP contribution is 2.33. The monoisotopic (exact) mass is 314 g/mol. The molecule has 2 aromatic rings. The fourth-order valence-electron chi connectivity index (χ4n) is 1.39. The largest absolute Gasteiger partial charge is 0.397 e. The fourth-order valence-corrected chi connectivity index (χ4v) is 3.03. The summed E-state index contributed by atoms with van der Waals surface area (Å²) in [6.07, 6.45) is 0.425. The molecule has 0 radical (unpaired) electrons. The number of hydrogen-bond acceptors (Lipinski definition) is 3. The molecule has 0 spiro atoms. The molecular weight excluding hydrogens is 307 g/mol. The van der Waals surface area contributed by atoms with E-state index >= 15 is 0 Å². The Kier molecular flexibility index (Phi) is 2.61. The molecule has 70 valence electrons. The lowest BCUT2D eigenvalue weighted by atomic mass is 10.1. The number of rotatable bonds is 1. The number of anilines is 1. The van der Waals surface area contributed by atoms with E-state index in [0.29, 0.717) is 6.42 Å². The summed E-state index contributed by atoms with van der Waals surface area (Å²) in [6.45, 7) is 0. The quantitative estimate of drug-likeness (QED) is 0.649. The summed E-state index contributed by atoms with van der Waals surface area (Å²) in [7, 11) is 0. The van der Waals surface area contributed by atoms with Crippen LogP contribution in [0.1, 0.15) is 5.56 Å². The van der Waals surface area contributed by atoms with Gasteiger partial charge in [0.2, 0.25) is 0 Å². The lowest BCUT2D eigenvalue weighted by molar-refractivity contribution is 1.26. The van der Waals surface area contributed by atoms with Crippen LogP contribution in [0.15, 0.2) is 17.5 Å². The van der Waals surface area contributed by atoms with Gasteiger partial charge in [-0.1, -0.05) is 0 Å². The molecule has 0 fully saturated rings. The van der Waals surface area contributed by atoms with Crippen LogP contribution in [0.5, 0.6) is 0 Å². The normalized spacial score (nSPS) is 10.3. The van der Waals surface area contributed by atoms with Gasteiger partial charge < -0.3 is 5.73 Å². The van der Waals surface area contributed by atoms with E-state index in [1.807, 2.05) is 17.5 Å². The SMILES string of the molecule is N#CCc1cc2ccsc2c(N)c1I. The lowest BCUT2D eigenvalue weighted by Crippen LogP contribution is -1.95. The Balaban J connectivity index is 2.75. The summed E-state index contributed by atoms with van der Waals surface area (Å²) in [5.41, 5.74) is 7.82. The van der Waals surface area contributed by atoms with Gasteiger partial charge in [-0.25, -0.2) is 0 Å². The Morgan fingerprint density at radius 2 is 2.36 bits per heavy atom. The van der Waals surface area contributed by atoms with Crippen LogP contribution < -0.4 is 5.73 Å². The van der Waals surface area contributed by atoms with Crippen molar-refractivity contribution in [2.45, 2.75) is 6.42 Å². The van der Waals surface area contributed by atoms with Gasteiger partial charge in [-0.2, -0.15) is 5.26 Å². The summed E-state index contributed by atoms with van der Waals surface area (Å²) >= 11 is 3.85. The molecule has 0 amide bonds. The number of nitrogens with two attached hydrogens (primary N) is 1. The van der Waals surface area contributed by atoms with E-state index < -0.39 is 0 Å². The molecule has 0 atom stereocenters. The first kappa shape index (κ1) is 9.74. The van der Waals surface area contributed by atoms with Crippen LogP contribution >= 0.6 is 33.9 Å². The van der Waals surface area contributed by atoms with E-state index in [1.54, 1.807) is 11.3 Å². The average molecular weight is 314 g/mol. The van der Waals surface area contributed by atoms with Crippen molar-refractivity contribution in [1.29, 1.82) is 5.26 Å². The van der Waals surface area contributed by atoms with E-state index in [0.717, 1.165) is 24.9 Å². The Labute approximate surface area is 99.5 Å². The third-order valence-corrected chi connectivity index (χ3v) is 4.30. The molecule has 0 unspecified atom stereocenters. The van der Waals surface area contributed by atoms with Crippen molar-refractivity contribution in [2.24, 2.45) is 0 Å². The van der Waals surface area contributed by atoms with Gasteiger partial charge in [-0.05, 0) is 51.1 Å². The molecule has 2 rings (SSSR count). The molecule has 0 saturated carbocycles. The van der Waals surface area contributed by atoms with Crippen molar-refractivity contribution >= 4 is 49.7 Å². The number of hydrogen-bond donors (Lipinski definition) is 1. The zero-order valence-corrected chi connectivity index (χ0v) is 10.2. The van der Waals surface area contributed by atoms with Gasteiger partial charge in [0.05, 0.1) is 22.9 Å². The molecule has 1 heterocycles. The number of nitriles is 1. The smallest absolute Gasteiger partial charge is 0.0670 e. The van der Waals surface area contributed by atoms with Crippen molar-refractivity contribution in [1.82, 2.24) is 0 Å². The first-order valence-corrected chi connectivity index (χ1v) is 6.01. The number of thiophene rings is 1. The number of fused-ring (bicyclic) bond motifs is 1. The molecule has 2 nitrogen and oxygen atoms in total. The van der Waals surface area contributed by atoms with Crippen LogP contribution in [-0.2, 0) is 6.42 Å². The third-order valence-electron chi connectivity index (χ3n) is 2.06. The highest BCUT2D eigenvalue weighted by atomic mass is 127. The summed E-state index contributed by atoms with van der Waals surface area (Å²) in [5.74, 6) is 0. The molecule has 14 heavy (non-hydrogen) atoms. The molecule has 4 heteroatoms. The Morgan fingerprint density at radius 1 is 1.57 bits per heavy atom. The number of nitrogens with zero attached hydrogens (tertiary/aromatic N) is 1. The molecule has 1 aromatic heterocycles. The second kappa shape index (κ2) is 3.75. The molecule has 0 aliphatic rings. The number of halogens is 1. The summed E-state index contributed by atoms with van der Waals surface area (Å²) in [4.78, 5) is 0. The predicted octanol–water partition coefficient (Wildman–Crippen LogP) is 3.15. The van der Waals surface area contributed by atoms with Crippen molar-refractivity contribution in [2.75, 3.05) is 5.73 Å². The number of benzene rings is 1. The Morgan fingerprint density at radius 3 is 3.07 bits per heavy atom. The second-order valence-corrected chi connectivity index (χ2v) is 4.93. The predicted molar refractivity (Wildman–Crippen MR) is 68.3 cm³/mol. The maximum Gasteiger partial charge on any atom is 0.0670 e. The minimum Gasteiger partial charge on any atom is -0.397 e. The highest BCUT2D eigenvalue weighted by molar-refractivity contribution is 14.1. The zero-order valence-electron chi connectivity index (χ0n) is 7.25. The van der Waals surface area contributed by atoms with Crippen LogP contribution in [0.25, 0.3) is 10.1 Å². The maximum atomic E-state index is 8.67. The average Bonchev–Trinajstić information content (AvgIpc) is 2.62. The molecule has 0 saturated heterocycles. The van der Waals surface area contributed by atoms with Gasteiger partial charge >= 0.3 is 0 Å². The zero-order chi connectivity index (χ0) is 10.1. The van der Waals surface area contributed by atoms with Crippen molar-refractivity contribution in [3.8, 4) is 6.07 Å². The molecule has 0 aliphatic carbocycles. The van der Waals surface area contributed by atoms with Gasteiger partial charge in [0.25, 0.3) is 0 Å². The van der Waals surface area contributed by atoms with E-state index in [2.05, 4.69) is 28.7 Å². The topological polar surface area (TPSA) is 49.8 Å². The van der Waals surface area contributed by atoms with Gasteiger partial charge in [-0.3, -0.25) is 0 Å². The van der Waals surface area contributed by atoms with Gasteiger partial charge in [0.1, 0.15) is 0 Å². The Bertz CT molecular complexity index is 525. The van der Waals surface area contributed by atoms with Crippen molar-refractivity contribution in [3.63, 3.8) is 0 Å². The van der Waals surface area contributed by atoms with Crippen LogP contribution in [0.3, 0.4) is 0 Å². The minimum absolute atomic E-state index is 0.425. The van der Waals surface area contributed by atoms with Gasteiger partial charge in [0, 0.05) is 3.57 Å². The van der Waals surface area contributed by atoms with Crippen LogP contribution in [0.2, 0.25) is 0 Å². The molecule has 0 aliphatic heterocycles. The van der Waals surface area contributed by atoms with E-state index in [-0.39, 0.29) is 0 Å². The van der Waals surface area contributed by atoms with Crippen LogP contribution in [0.4, 0.5) is 5.69 Å².